The van der Waals surface area contributed by atoms with Crippen molar-refractivity contribution in [2.45, 2.75) is 25.4 Å². The van der Waals surface area contributed by atoms with Gasteiger partial charge < -0.3 is 18.9 Å². The van der Waals surface area contributed by atoms with Crippen LogP contribution in [0.3, 0.4) is 0 Å². The molecule has 5 rings (SSSR count). The summed E-state index contributed by atoms with van der Waals surface area (Å²) in [6.45, 7) is 1.89. The minimum atomic E-state index is -2.62. The van der Waals surface area contributed by atoms with Crippen LogP contribution in [0.1, 0.15) is 28.3 Å². The minimum absolute atomic E-state index is 0.253. The predicted molar refractivity (Wildman–Crippen MR) is 102 cm³/mol. The van der Waals surface area contributed by atoms with E-state index in [1.54, 1.807) is 7.11 Å². The van der Waals surface area contributed by atoms with Crippen LogP contribution in [0.15, 0.2) is 24.3 Å². The summed E-state index contributed by atoms with van der Waals surface area (Å²) in [4.78, 5) is 2.41. The molecule has 2 aromatic rings. The lowest BCUT2D eigenvalue weighted by Crippen LogP contribution is -2.39. The first kappa shape index (κ1) is 17.6. The molecule has 148 valence electrons. The molecule has 3 aliphatic heterocycles. The predicted octanol–water partition coefficient (Wildman–Crippen LogP) is 2.03. The van der Waals surface area contributed by atoms with Gasteiger partial charge in [0, 0.05) is 24.7 Å². The average molecular weight is 403 g/mol. The topological polar surface area (TPSA) is 74.3 Å². The van der Waals surface area contributed by atoms with Crippen molar-refractivity contribution in [2.75, 3.05) is 26.4 Å². The highest BCUT2D eigenvalue weighted by Crippen LogP contribution is 2.46. The standard InChI is InChI=1S/C20H21NO6S/c1-24-17-3-2-12-6-16-14-8-19-18(25-10-26-19)7-13(14)4-5-21(16)9-15(12)20(17)27-11-28(22)23/h2-3,7-8,16,28H,4-6,9-11H2,1H3. The van der Waals surface area contributed by atoms with Gasteiger partial charge in [-0.15, -0.1) is 0 Å². The average Bonchev–Trinajstić information content (AvgIpc) is 3.16. The Morgan fingerprint density at radius 3 is 2.79 bits per heavy atom. The molecule has 0 bridgehead atoms. The van der Waals surface area contributed by atoms with Crippen molar-refractivity contribution < 1.29 is 27.4 Å². The Morgan fingerprint density at radius 2 is 2.00 bits per heavy atom. The fraction of sp³-hybridized carbons (Fsp3) is 0.400. The highest BCUT2D eigenvalue weighted by atomic mass is 32.2. The van der Waals surface area contributed by atoms with E-state index in [4.69, 9.17) is 18.9 Å². The monoisotopic (exact) mass is 403 g/mol. The van der Waals surface area contributed by atoms with E-state index in [0.717, 1.165) is 42.0 Å². The zero-order valence-electron chi connectivity index (χ0n) is 15.5. The summed E-state index contributed by atoms with van der Waals surface area (Å²) in [5.41, 5.74) is 4.75. The molecule has 0 spiro atoms. The Kier molecular flexibility index (Phi) is 4.32. The summed E-state index contributed by atoms with van der Waals surface area (Å²) in [5.74, 6) is 2.39. The molecule has 0 aliphatic carbocycles. The molecule has 7 nitrogen and oxygen atoms in total. The largest absolute Gasteiger partial charge is 0.493 e. The van der Waals surface area contributed by atoms with Gasteiger partial charge in [0.1, 0.15) is 0 Å². The number of hydrogen-bond donors (Lipinski definition) is 1. The van der Waals surface area contributed by atoms with Crippen molar-refractivity contribution >= 4 is 10.7 Å². The SMILES string of the molecule is COc1ccc2c(c1OC[SH](=O)=O)CN1CCc3cc4c(cc3C1C2)OCO4. The lowest BCUT2D eigenvalue weighted by Gasteiger charge is -2.42. The van der Waals surface area contributed by atoms with Crippen LogP contribution in [0.5, 0.6) is 23.0 Å². The molecular formula is C20H21NO6S. The highest BCUT2D eigenvalue weighted by Gasteiger charge is 2.35. The van der Waals surface area contributed by atoms with Gasteiger partial charge in [-0.3, -0.25) is 4.90 Å². The Hall–Kier alpha value is -2.45. The van der Waals surface area contributed by atoms with E-state index in [1.165, 1.54) is 11.1 Å². The molecule has 0 aromatic heterocycles. The second kappa shape index (κ2) is 6.86. The number of rotatable bonds is 4. The molecule has 0 saturated carbocycles. The molecule has 0 saturated heterocycles. The highest BCUT2D eigenvalue weighted by molar-refractivity contribution is 7.72. The summed E-state index contributed by atoms with van der Waals surface area (Å²) in [5, 5.41) is 0. The summed E-state index contributed by atoms with van der Waals surface area (Å²) in [6.07, 6.45) is 1.76. The fourth-order valence-electron chi connectivity index (χ4n) is 4.43. The van der Waals surface area contributed by atoms with E-state index in [-0.39, 0.29) is 18.8 Å². The van der Waals surface area contributed by atoms with Crippen LogP contribution in [0.4, 0.5) is 0 Å². The molecule has 0 radical (unpaired) electrons. The maximum Gasteiger partial charge on any atom is 0.231 e. The third-order valence-corrected chi connectivity index (χ3v) is 6.07. The van der Waals surface area contributed by atoms with Gasteiger partial charge in [-0.2, -0.15) is 0 Å². The molecular weight excluding hydrogens is 382 g/mol. The van der Waals surface area contributed by atoms with Gasteiger partial charge in [0.25, 0.3) is 0 Å². The zero-order chi connectivity index (χ0) is 19.3. The number of fused-ring (bicyclic) bond motifs is 5. The molecule has 0 fully saturated rings. The molecule has 2 aromatic carbocycles. The third kappa shape index (κ3) is 2.87. The number of ether oxygens (including phenoxy) is 4. The summed E-state index contributed by atoms with van der Waals surface area (Å²) < 4.78 is 44.2. The number of nitrogens with zero attached hydrogens (tertiary/aromatic N) is 1. The maximum atomic E-state index is 11.0. The molecule has 1 atom stereocenters. The number of hydrogen-bond acceptors (Lipinski definition) is 7. The lowest BCUT2D eigenvalue weighted by molar-refractivity contribution is 0.157. The van der Waals surface area contributed by atoms with Gasteiger partial charge in [0.05, 0.1) is 7.11 Å². The van der Waals surface area contributed by atoms with E-state index in [9.17, 15) is 8.42 Å². The van der Waals surface area contributed by atoms with E-state index in [1.807, 2.05) is 6.07 Å². The summed E-state index contributed by atoms with van der Waals surface area (Å²) in [6, 6.07) is 8.38. The third-order valence-electron chi connectivity index (χ3n) is 5.73. The fourth-order valence-corrected chi connectivity index (χ4v) is 4.67. The normalized spacial score (nSPS) is 19.7. The van der Waals surface area contributed by atoms with Crippen LogP contribution in [0.2, 0.25) is 0 Å². The first-order valence-electron chi connectivity index (χ1n) is 9.24. The second-order valence-corrected chi connectivity index (χ2v) is 8.11. The van der Waals surface area contributed by atoms with Crippen LogP contribution in [0.25, 0.3) is 0 Å². The number of thiol groups is 1. The zero-order valence-corrected chi connectivity index (χ0v) is 16.4. The van der Waals surface area contributed by atoms with Crippen molar-refractivity contribution in [3.8, 4) is 23.0 Å². The van der Waals surface area contributed by atoms with Crippen LogP contribution in [-0.4, -0.2) is 39.7 Å². The first-order valence-corrected chi connectivity index (χ1v) is 10.6. The van der Waals surface area contributed by atoms with Gasteiger partial charge in [-0.05, 0) is 47.7 Å². The van der Waals surface area contributed by atoms with Crippen LogP contribution >= 0.6 is 0 Å². The summed E-state index contributed by atoms with van der Waals surface area (Å²) >= 11 is 0. The number of benzene rings is 2. The molecule has 8 heteroatoms. The van der Waals surface area contributed by atoms with Gasteiger partial charge in [0.15, 0.2) is 39.6 Å². The molecule has 0 amide bonds. The van der Waals surface area contributed by atoms with E-state index in [0.29, 0.717) is 18.0 Å². The van der Waals surface area contributed by atoms with E-state index < -0.39 is 10.7 Å². The molecule has 0 N–H and O–H groups in total. The van der Waals surface area contributed by atoms with Gasteiger partial charge in [0.2, 0.25) is 6.79 Å². The van der Waals surface area contributed by atoms with Crippen LogP contribution < -0.4 is 18.9 Å². The quantitative estimate of drug-likeness (QED) is 0.783. The second-order valence-electron chi connectivity index (χ2n) is 7.19. The molecule has 3 heterocycles. The summed E-state index contributed by atoms with van der Waals surface area (Å²) in [7, 11) is -1.06. The molecule has 3 aliphatic rings. The smallest absolute Gasteiger partial charge is 0.231 e. The Balaban J connectivity index is 1.53. The van der Waals surface area contributed by atoms with Gasteiger partial charge in [-0.1, -0.05) is 6.07 Å². The van der Waals surface area contributed by atoms with Crippen LogP contribution in [0, 0.1) is 0 Å². The van der Waals surface area contributed by atoms with Gasteiger partial charge in [-0.25, -0.2) is 8.42 Å². The molecule has 1 unspecified atom stereocenters. The minimum Gasteiger partial charge on any atom is -0.493 e. The number of methoxy groups -OCH3 is 1. The van der Waals surface area contributed by atoms with Crippen molar-refractivity contribution in [1.82, 2.24) is 4.90 Å². The Labute approximate surface area is 164 Å². The first-order chi connectivity index (χ1) is 13.6. The Morgan fingerprint density at radius 1 is 1.18 bits per heavy atom. The van der Waals surface area contributed by atoms with Crippen molar-refractivity contribution in [2.24, 2.45) is 0 Å². The van der Waals surface area contributed by atoms with E-state index >= 15 is 0 Å². The van der Waals surface area contributed by atoms with Crippen molar-refractivity contribution in [3.63, 3.8) is 0 Å². The van der Waals surface area contributed by atoms with E-state index in [2.05, 4.69) is 23.1 Å². The Bertz CT molecular complexity index is 1010. The van der Waals surface area contributed by atoms with Gasteiger partial charge >= 0.3 is 0 Å². The molecule has 28 heavy (non-hydrogen) atoms. The lowest BCUT2D eigenvalue weighted by atomic mass is 9.83. The van der Waals surface area contributed by atoms with Crippen molar-refractivity contribution in [1.29, 1.82) is 0 Å². The van der Waals surface area contributed by atoms with Crippen molar-refractivity contribution in [3.05, 3.63) is 46.5 Å². The maximum absolute atomic E-state index is 11.0. The van der Waals surface area contributed by atoms with Crippen LogP contribution in [-0.2, 0) is 30.1 Å².